The second-order valence-corrected chi connectivity index (χ2v) is 5.55. The summed E-state index contributed by atoms with van der Waals surface area (Å²) in [5, 5.41) is 5.52. The molecule has 0 heterocycles. The molecule has 0 saturated carbocycles. The molecule has 2 N–H and O–H groups in total. The van der Waals surface area contributed by atoms with E-state index in [2.05, 4.69) is 10.6 Å². The van der Waals surface area contributed by atoms with Crippen molar-refractivity contribution in [1.82, 2.24) is 5.32 Å². The Kier molecular flexibility index (Phi) is 5.95. The molecule has 0 spiro atoms. The van der Waals surface area contributed by atoms with E-state index < -0.39 is 0 Å². The summed E-state index contributed by atoms with van der Waals surface area (Å²) in [5.74, 6) is 0.223. The number of ether oxygens (including phenoxy) is 1. The molecule has 2 aromatic carbocycles. The van der Waals surface area contributed by atoms with Gasteiger partial charge in [-0.25, -0.2) is 0 Å². The lowest BCUT2D eigenvalue weighted by Gasteiger charge is -2.12. The molecular weight excluding hydrogens is 304 g/mol. The molecule has 0 aromatic heterocycles. The van der Waals surface area contributed by atoms with E-state index >= 15 is 0 Å². The molecule has 0 unspecified atom stereocenters. The highest BCUT2D eigenvalue weighted by Crippen LogP contribution is 2.18. The maximum Gasteiger partial charge on any atom is 0.255 e. The third-order valence-electron chi connectivity index (χ3n) is 3.25. The topological polar surface area (TPSA) is 67.4 Å². The maximum absolute atomic E-state index is 12.4. The molecule has 0 fully saturated rings. The normalized spacial score (nSPS) is 10.3. The molecule has 5 heteroatoms. The van der Waals surface area contributed by atoms with E-state index in [1.807, 2.05) is 20.8 Å². The van der Waals surface area contributed by atoms with Gasteiger partial charge in [0.05, 0.1) is 17.4 Å². The predicted octanol–water partition coefficient (Wildman–Crippen LogP) is 3.48. The first-order chi connectivity index (χ1) is 11.5. The van der Waals surface area contributed by atoms with Crippen LogP contribution in [-0.2, 0) is 0 Å². The lowest BCUT2D eigenvalue weighted by molar-refractivity contribution is 0.0956. The van der Waals surface area contributed by atoms with E-state index in [1.54, 1.807) is 48.5 Å². The summed E-state index contributed by atoms with van der Waals surface area (Å²) < 4.78 is 5.56. The smallest absolute Gasteiger partial charge is 0.255 e. The van der Waals surface area contributed by atoms with Crippen LogP contribution in [0.15, 0.2) is 48.5 Å². The van der Waals surface area contributed by atoms with Gasteiger partial charge in [0.1, 0.15) is 5.75 Å². The molecule has 0 aliphatic rings. The number of benzene rings is 2. The molecule has 5 nitrogen and oxygen atoms in total. The van der Waals surface area contributed by atoms with E-state index in [9.17, 15) is 9.59 Å². The van der Waals surface area contributed by atoms with Crippen LogP contribution in [0.25, 0.3) is 0 Å². The standard InChI is InChI=1S/C19H22N2O3/c1-4-20-19(23)16-7-5-6-8-17(16)21-18(22)14-9-11-15(12-10-14)24-13(2)3/h5-13H,4H2,1-3H3,(H,20,23)(H,21,22). The molecule has 0 aliphatic carbocycles. The minimum atomic E-state index is -0.275. The second kappa shape index (κ2) is 8.15. The van der Waals surface area contributed by atoms with Gasteiger partial charge in [-0.15, -0.1) is 0 Å². The summed E-state index contributed by atoms with van der Waals surface area (Å²) in [5.41, 5.74) is 1.42. The first-order valence-corrected chi connectivity index (χ1v) is 7.96. The van der Waals surface area contributed by atoms with Crippen LogP contribution in [0.4, 0.5) is 5.69 Å². The van der Waals surface area contributed by atoms with Crippen molar-refractivity contribution in [3.05, 3.63) is 59.7 Å². The quantitative estimate of drug-likeness (QED) is 0.854. The number of anilines is 1. The molecular formula is C19H22N2O3. The van der Waals surface area contributed by atoms with Gasteiger partial charge in [-0.3, -0.25) is 9.59 Å². The number of rotatable bonds is 6. The summed E-state index contributed by atoms with van der Waals surface area (Å²) in [6, 6.07) is 13.8. The van der Waals surface area contributed by atoms with E-state index in [-0.39, 0.29) is 17.9 Å². The van der Waals surface area contributed by atoms with Crippen molar-refractivity contribution in [2.24, 2.45) is 0 Å². The minimum absolute atomic E-state index is 0.0774. The van der Waals surface area contributed by atoms with Gasteiger partial charge in [-0.2, -0.15) is 0 Å². The highest BCUT2D eigenvalue weighted by molar-refractivity contribution is 6.09. The zero-order valence-corrected chi connectivity index (χ0v) is 14.1. The Morgan fingerprint density at radius 2 is 1.67 bits per heavy atom. The Hall–Kier alpha value is -2.82. The summed E-state index contributed by atoms with van der Waals surface area (Å²) in [6.45, 7) is 6.26. The molecule has 0 bridgehead atoms. The molecule has 0 aliphatic heterocycles. The van der Waals surface area contributed by atoms with E-state index in [0.29, 0.717) is 29.1 Å². The van der Waals surface area contributed by atoms with Gasteiger partial charge in [0.15, 0.2) is 0 Å². The van der Waals surface area contributed by atoms with E-state index in [4.69, 9.17) is 4.74 Å². The number of nitrogens with one attached hydrogen (secondary N) is 2. The van der Waals surface area contributed by atoms with Gasteiger partial charge in [0.2, 0.25) is 0 Å². The van der Waals surface area contributed by atoms with Crippen LogP contribution in [0, 0.1) is 0 Å². The Morgan fingerprint density at radius 1 is 1.00 bits per heavy atom. The largest absolute Gasteiger partial charge is 0.491 e. The Bertz CT molecular complexity index is 709. The average molecular weight is 326 g/mol. The number of amides is 2. The van der Waals surface area contributed by atoms with Crippen molar-refractivity contribution >= 4 is 17.5 Å². The molecule has 126 valence electrons. The van der Waals surface area contributed by atoms with Crippen LogP contribution >= 0.6 is 0 Å². The molecule has 0 saturated heterocycles. The highest BCUT2D eigenvalue weighted by atomic mass is 16.5. The minimum Gasteiger partial charge on any atom is -0.491 e. The number of hydrogen-bond acceptors (Lipinski definition) is 3. The third kappa shape index (κ3) is 4.59. The number of para-hydroxylation sites is 1. The lowest BCUT2D eigenvalue weighted by Crippen LogP contribution is -2.24. The highest BCUT2D eigenvalue weighted by Gasteiger charge is 2.13. The SMILES string of the molecule is CCNC(=O)c1ccccc1NC(=O)c1ccc(OC(C)C)cc1. The van der Waals surface area contributed by atoms with Crippen LogP contribution in [0.2, 0.25) is 0 Å². The third-order valence-corrected chi connectivity index (χ3v) is 3.25. The summed E-state index contributed by atoms with van der Waals surface area (Å²) in [4.78, 5) is 24.4. The van der Waals surface area contributed by atoms with Crippen molar-refractivity contribution in [1.29, 1.82) is 0 Å². The molecule has 2 amide bonds. The Balaban J connectivity index is 2.14. The zero-order valence-electron chi connectivity index (χ0n) is 14.1. The molecule has 0 radical (unpaired) electrons. The van der Waals surface area contributed by atoms with E-state index in [1.165, 1.54) is 0 Å². The Morgan fingerprint density at radius 3 is 2.29 bits per heavy atom. The summed E-state index contributed by atoms with van der Waals surface area (Å²) in [7, 11) is 0. The first kappa shape index (κ1) is 17.5. The molecule has 2 aromatic rings. The van der Waals surface area contributed by atoms with Gasteiger partial charge >= 0.3 is 0 Å². The second-order valence-electron chi connectivity index (χ2n) is 5.55. The van der Waals surface area contributed by atoms with Crippen molar-refractivity contribution in [2.75, 3.05) is 11.9 Å². The molecule has 2 rings (SSSR count). The van der Waals surface area contributed by atoms with E-state index in [0.717, 1.165) is 0 Å². The predicted molar refractivity (Wildman–Crippen MR) is 94.6 cm³/mol. The average Bonchev–Trinajstić information content (AvgIpc) is 2.55. The van der Waals surface area contributed by atoms with Crippen molar-refractivity contribution in [3.63, 3.8) is 0 Å². The summed E-state index contributed by atoms with van der Waals surface area (Å²) in [6.07, 6.45) is 0.0774. The zero-order chi connectivity index (χ0) is 17.5. The van der Waals surface area contributed by atoms with Crippen molar-refractivity contribution in [2.45, 2.75) is 26.9 Å². The molecule has 0 atom stereocenters. The van der Waals surface area contributed by atoms with Gasteiger partial charge in [-0.1, -0.05) is 12.1 Å². The molecule has 24 heavy (non-hydrogen) atoms. The van der Waals surface area contributed by atoms with Crippen LogP contribution in [-0.4, -0.2) is 24.5 Å². The fourth-order valence-electron chi connectivity index (χ4n) is 2.20. The number of hydrogen-bond donors (Lipinski definition) is 2. The van der Waals surface area contributed by atoms with Crippen LogP contribution < -0.4 is 15.4 Å². The Labute approximate surface area is 142 Å². The van der Waals surface area contributed by atoms with Gasteiger partial charge in [-0.05, 0) is 57.2 Å². The monoisotopic (exact) mass is 326 g/mol. The van der Waals surface area contributed by atoms with Crippen LogP contribution in [0.5, 0.6) is 5.75 Å². The van der Waals surface area contributed by atoms with Gasteiger partial charge in [0.25, 0.3) is 11.8 Å². The van der Waals surface area contributed by atoms with Crippen LogP contribution in [0.3, 0.4) is 0 Å². The number of carbonyl (C=O) groups is 2. The fourth-order valence-corrected chi connectivity index (χ4v) is 2.20. The summed E-state index contributed by atoms with van der Waals surface area (Å²) >= 11 is 0. The first-order valence-electron chi connectivity index (χ1n) is 7.96. The fraction of sp³-hybridized carbons (Fsp3) is 0.263. The number of carbonyl (C=O) groups excluding carboxylic acids is 2. The van der Waals surface area contributed by atoms with Crippen LogP contribution in [0.1, 0.15) is 41.5 Å². The van der Waals surface area contributed by atoms with Gasteiger partial charge in [0, 0.05) is 12.1 Å². The van der Waals surface area contributed by atoms with Crippen molar-refractivity contribution < 1.29 is 14.3 Å². The van der Waals surface area contributed by atoms with Crippen molar-refractivity contribution in [3.8, 4) is 5.75 Å². The van der Waals surface area contributed by atoms with Gasteiger partial charge < -0.3 is 15.4 Å². The maximum atomic E-state index is 12.4. The lowest BCUT2D eigenvalue weighted by atomic mass is 10.1.